The molecule has 0 bridgehead atoms. The highest BCUT2D eigenvalue weighted by Gasteiger charge is 2.40. The van der Waals surface area contributed by atoms with E-state index in [2.05, 4.69) is 5.32 Å². The summed E-state index contributed by atoms with van der Waals surface area (Å²) in [6.07, 6.45) is 0.437. The highest BCUT2D eigenvalue weighted by molar-refractivity contribution is 7.99. The van der Waals surface area contributed by atoms with Crippen molar-refractivity contribution in [1.82, 2.24) is 10.2 Å². The van der Waals surface area contributed by atoms with Gasteiger partial charge in [0.25, 0.3) is 0 Å². The molecule has 0 spiro atoms. The molecule has 0 saturated carbocycles. The van der Waals surface area contributed by atoms with Gasteiger partial charge in [-0.15, -0.1) is 11.8 Å². The predicted molar refractivity (Wildman–Crippen MR) is 95.8 cm³/mol. The molecule has 4 nitrogen and oxygen atoms in total. The Kier molecular flexibility index (Phi) is 5.20. The number of urea groups is 1. The lowest BCUT2D eigenvalue weighted by molar-refractivity contribution is -0.139. The summed E-state index contributed by atoms with van der Waals surface area (Å²) in [5.41, 5.74) is 1.02. The summed E-state index contributed by atoms with van der Waals surface area (Å²) >= 11 is 1.67. The molecule has 0 aromatic heterocycles. The van der Waals surface area contributed by atoms with Gasteiger partial charge in [-0.1, -0.05) is 48.5 Å². The molecule has 2 atom stereocenters. The van der Waals surface area contributed by atoms with E-state index < -0.39 is 0 Å². The highest BCUT2D eigenvalue weighted by Crippen LogP contribution is 2.27. The van der Waals surface area contributed by atoms with Crippen LogP contribution in [0, 0.1) is 0 Å². The Balaban J connectivity index is 1.56. The smallest absolute Gasteiger partial charge is 0.324 e. The van der Waals surface area contributed by atoms with Gasteiger partial charge in [-0.05, 0) is 24.6 Å². The number of carbonyl (C=O) groups excluding carboxylic acids is 2. The molecule has 1 heterocycles. The van der Waals surface area contributed by atoms with E-state index in [-0.39, 0.29) is 24.0 Å². The lowest BCUT2D eigenvalue weighted by atomic mass is 10.0. The van der Waals surface area contributed by atoms with Crippen LogP contribution in [0.25, 0.3) is 0 Å². The van der Waals surface area contributed by atoms with Crippen molar-refractivity contribution in [3.8, 4) is 0 Å². The molecule has 1 saturated heterocycles. The van der Waals surface area contributed by atoms with E-state index in [1.165, 1.54) is 4.90 Å². The number of nitrogens with zero attached hydrogens (tertiary/aromatic N) is 1. The zero-order valence-corrected chi connectivity index (χ0v) is 14.3. The molecule has 1 aliphatic heterocycles. The molecule has 0 unspecified atom stereocenters. The summed E-state index contributed by atoms with van der Waals surface area (Å²) in [6.45, 7) is 1.92. The lowest BCUT2D eigenvalue weighted by Crippen LogP contribution is -2.59. The maximum atomic E-state index is 12.4. The second-order valence-corrected chi connectivity index (χ2v) is 6.92. The minimum Gasteiger partial charge on any atom is -0.331 e. The first-order valence-corrected chi connectivity index (χ1v) is 8.99. The molecule has 5 heteroatoms. The standard InChI is InChI=1S/C19H20N2O2S/c1-14(15-8-4-2-5-9-15)20-19(23)21-16(12-18(21)22)13-24-17-10-6-3-7-11-17/h2-11,14,16H,12-13H2,1H3,(H,20,23)/t14-,16-/m1/s1. The van der Waals surface area contributed by atoms with Crippen LogP contribution in [0.4, 0.5) is 4.79 Å². The fourth-order valence-corrected chi connectivity index (χ4v) is 3.69. The second-order valence-electron chi connectivity index (χ2n) is 5.83. The minimum atomic E-state index is -0.304. The van der Waals surface area contributed by atoms with Crippen LogP contribution in [0.2, 0.25) is 0 Å². The summed E-state index contributed by atoms with van der Waals surface area (Å²) in [5.74, 6) is 0.620. The maximum absolute atomic E-state index is 12.4. The second kappa shape index (κ2) is 7.53. The number of rotatable bonds is 5. The van der Waals surface area contributed by atoms with E-state index in [0.29, 0.717) is 6.42 Å². The van der Waals surface area contributed by atoms with Gasteiger partial charge in [0.2, 0.25) is 5.91 Å². The molecule has 3 amide bonds. The summed E-state index contributed by atoms with van der Waals surface area (Å²) in [6, 6.07) is 19.3. The van der Waals surface area contributed by atoms with Crippen LogP contribution in [0.15, 0.2) is 65.6 Å². The van der Waals surface area contributed by atoms with Gasteiger partial charge in [0, 0.05) is 17.1 Å². The van der Waals surface area contributed by atoms with Gasteiger partial charge in [-0.25, -0.2) is 4.79 Å². The van der Waals surface area contributed by atoms with E-state index in [0.717, 1.165) is 16.2 Å². The van der Waals surface area contributed by atoms with Gasteiger partial charge in [0.1, 0.15) is 0 Å². The molecule has 124 valence electrons. The van der Waals surface area contributed by atoms with Crippen LogP contribution in [-0.2, 0) is 4.79 Å². The molecule has 3 rings (SSSR count). The number of carbonyl (C=O) groups is 2. The monoisotopic (exact) mass is 340 g/mol. The molecule has 2 aromatic carbocycles. The van der Waals surface area contributed by atoms with Gasteiger partial charge >= 0.3 is 6.03 Å². The van der Waals surface area contributed by atoms with Crippen molar-refractivity contribution >= 4 is 23.7 Å². The molecule has 0 radical (unpaired) electrons. The van der Waals surface area contributed by atoms with Crippen molar-refractivity contribution in [1.29, 1.82) is 0 Å². The molecule has 1 aliphatic rings. The number of amides is 3. The van der Waals surface area contributed by atoms with Crippen molar-refractivity contribution in [2.24, 2.45) is 0 Å². The van der Waals surface area contributed by atoms with E-state index in [4.69, 9.17) is 0 Å². The van der Waals surface area contributed by atoms with Crippen LogP contribution in [0.1, 0.15) is 24.9 Å². The number of imide groups is 1. The quantitative estimate of drug-likeness (QED) is 0.664. The maximum Gasteiger partial charge on any atom is 0.324 e. The Hall–Kier alpha value is -2.27. The first kappa shape index (κ1) is 16.6. The minimum absolute atomic E-state index is 0.0364. The average molecular weight is 340 g/mol. The molecular formula is C19H20N2O2S. The van der Waals surface area contributed by atoms with Crippen molar-refractivity contribution in [2.75, 3.05) is 5.75 Å². The molecule has 2 aromatic rings. The average Bonchev–Trinajstić information content (AvgIpc) is 2.59. The number of likely N-dealkylation sites (tertiary alicyclic amines) is 1. The van der Waals surface area contributed by atoms with Crippen LogP contribution < -0.4 is 5.32 Å². The van der Waals surface area contributed by atoms with Gasteiger partial charge < -0.3 is 5.32 Å². The number of thioether (sulfide) groups is 1. The molecule has 1 N–H and O–H groups in total. The molecular weight excluding hydrogens is 320 g/mol. The summed E-state index contributed by atoms with van der Waals surface area (Å²) in [5, 5.41) is 2.91. The third-order valence-corrected chi connectivity index (χ3v) is 5.24. The largest absolute Gasteiger partial charge is 0.331 e. The zero-order chi connectivity index (χ0) is 16.9. The van der Waals surface area contributed by atoms with Crippen LogP contribution in [-0.4, -0.2) is 28.6 Å². The topological polar surface area (TPSA) is 49.4 Å². The number of benzene rings is 2. The first-order chi connectivity index (χ1) is 11.6. The van der Waals surface area contributed by atoms with Crippen molar-refractivity contribution < 1.29 is 9.59 Å². The van der Waals surface area contributed by atoms with Crippen LogP contribution >= 0.6 is 11.8 Å². The lowest BCUT2D eigenvalue weighted by Gasteiger charge is -2.39. The van der Waals surface area contributed by atoms with Crippen LogP contribution in [0.5, 0.6) is 0 Å². The fourth-order valence-electron chi connectivity index (χ4n) is 2.68. The molecule has 1 fully saturated rings. The Bertz CT molecular complexity index is 706. The van der Waals surface area contributed by atoms with E-state index in [9.17, 15) is 9.59 Å². The van der Waals surface area contributed by atoms with E-state index in [1.807, 2.05) is 67.6 Å². The number of hydrogen-bond acceptors (Lipinski definition) is 3. The third kappa shape index (κ3) is 3.79. The van der Waals surface area contributed by atoms with E-state index >= 15 is 0 Å². The van der Waals surface area contributed by atoms with Gasteiger partial charge in [0.05, 0.1) is 12.1 Å². The third-order valence-electron chi connectivity index (χ3n) is 4.09. The van der Waals surface area contributed by atoms with E-state index in [1.54, 1.807) is 11.8 Å². The highest BCUT2D eigenvalue weighted by atomic mass is 32.2. The zero-order valence-electron chi connectivity index (χ0n) is 13.5. The van der Waals surface area contributed by atoms with Gasteiger partial charge in [-0.3, -0.25) is 9.69 Å². The molecule has 0 aliphatic carbocycles. The predicted octanol–water partition coefficient (Wildman–Crippen LogP) is 3.85. The molecule has 24 heavy (non-hydrogen) atoms. The Morgan fingerprint density at radius 2 is 1.79 bits per heavy atom. The van der Waals surface area contributed by atoms with Crippen molar-refractivity contribution in [2.45, 2.75) is 30.3 Å². The Labute approximate surface area is 146 Å². The normalized spacial score (nSPS) is 18.0. The summed E-state index contributed by atoms with van der Waals surface area (Å²) < 4.78 is 0. The number of β-lactam (4-membered cyclic amide) rings is 1. The Morgan fingerprint density at radius 1 is 1.17 bits per heavy atom. The van der Waals surface area contributed by atoms with Crippen molar-refractivity contribution in [3.05, 3.63) is 66.2 Å². The Morgan fingerprint density at radius 3 is 2.42 bits per heavy atom. The fraction of sp³-hybridized carbons (Fsp3) is 0.263. The SMILES string of the molecule is C[C@@H](NC(=O)N1C(=O)C[C@@H]1CSc1ccccc1)c1ccccc1. The number of nitrogens with one attached hydrogen (secondary N) is 1. The van der Waals surface area contributed by atoms with Crippen LogP contribution in [0.3, 0.4) is 0 Å². The summed E-state index contributed by atoms with van der Waals surface area (Å²) in [4.78, 5) is 26.8. The van der Waals surface area contributed by atoms with Crippen molar-refractivity contribution in [3.63, 3.8) is 0 Å². The first-order valence-electron chi connectivity index (χ1n) is 8.00. The van der Waals surface area contributed by atoms with Gasteiger partial charge in [-0.2, -0.15) is 0 Å². The summed E-state index contributed by atoms with van der Waals surface area (Å²) in [7, 11) is 0. The van der Waals surface area contributed by atoms with Gasteiger partial charge in [0.15, 0.2) is 0 Å². The number of hydrogen-bond donors (Lipinski definition) is 1.